The van der Waals surface area contributed by atoms with Crippen LogP contribution in [-0.2, 0) is 7.05 Å². The van der Waals surface area contributed by atoms with E-state index in [9.17, 15) is 0 Å². The lowest BCUT2D eigenvalue weighted by Gasteiger charge is -2.02. The maximum atomic E-state index is 8.57. The predicted octanol–water partition coefficient (Wildman–Crippen LogP) is 0.456. The fourth-order valence-corrected chi connectivity index (χ4v) is 1.93. The second-order valence-electron chi connectivity index (χ2n) is 3.19. The van der Waals surface area contributed by atoms with E-state index < -0.39 is 0 Å². The molecule has 7 nitrogen and oxygen atoms in total. The Morgan fingerprint density at radius 1 is 1.59 bits per heavy atom. The third kappa shape index (κ3) is 2.53. The summed E-state index contributed by atoms with van der Waals surface area (Å²) in [5, 5.41) is 20.0. The molecule has 0 amide bonds. The zero-order chi connectivity index (χ0) is 12.3. The number of nitrogens with two attached hydrogens (primary N) is 1. The lowest BCUT2D eigenvalue weighted by atomic mass is 10.3. The summed E-state index contributed by atoms with van der Waals surface area (Å²) in [7, 11) is 1.86. The summed E-state index contributed by atoms with van der Waals surface area (Å²) in [6, 6.07) is 3.53. The number of aromatic nitrogens is 4. The summed E-state index contributed by atoms with van der Waals surface area (Å²) in [5.74, 6) is -0.0228. The van der Waals surface area contributed by atoms with Crippen LogP contribution in [0.2, 0.25) is 0 Å². The van der Waals surface area contributed by atoms with Gasteiger partial charge >= 0.3 is 0 Å². The summed E-state index contributed by atoms with van der Waals surface area (Å²) >= 11 is 1.42. The fourth-order valence-electron chi connectivity index (χ4n) is 1.14. The summed E-state index contributed by atoms with van der Waals surface area (Å²) in [4.78, 5) is 4.88. The molecule has 0 atom stereocenters. The number of nitrogens with zero attached hydrogens (tertiary/aromatic N) is 5. The predicted molar refractivity (Wildman–Crippen MR) is 61.9 cm³/mol. The van der Waals surface area contributed by atoms with Crippen molar-refractivity contribution in [1.29, 1.82) is 0 Å². The van der Waals surface area contributed by atoms with Crippen molar-refractivity contribution in [2.75, 3.05) is 0 Å². The van der Waals surface area contributed by atoms with Crippen molar-refractivity contribution in [3.63, 3.8) is 0 Å². The van der Waals surface area contributed by atoms with Gasteiger partial charge in [-0.3, -0.25) is 4.98 Å². The first-order valence-corrected chi connectivity index (χ1v) is 5.48. The molecule has 17 heavy (non-hydrogen) atoms. The third-order valence-corrected chi connectivity index (χ3v) is 3.02. The van der Waals surface area contributed by atoms with Crippen LogP contribution in [0.25, 0.3) is 0 Å². The number of hydrogen-bond donors (Lipinski definition) is 2. The Hall–Kier alpha value is -2.09. The van der Waals surface area contributed by atoms with Crippen LogP contribution in [0, 0.1) is 0 Å². The number of amidine groups is 1. The molecule has 2 aromatic rings. The van der Waals surface area contributed by atoms with Crippen molar-refractivity contribution in [3.8, 4) is 0 Å². The summed E-state index contributed by atoms with van der Waals surface area (Å²) < 4.78 is 1.80. The second-order valence-corrected chi connectivity index (χ2v) is 4.23. The Morgan fingerprint density at radius 3 is 3.06 bits per heavy atom. The minimum absolute atomic E-state index is 0.0228. The average Bonchev–Trinajstić information content (AvgIpc) is 2.74. The summed E-state index contributed by atoms with van der Waals surface area (Å²) in [6.07, 6.45) is 3.21. The van der Waals surface area contributed by atoms with Gasteiger partial charge in [-0.15, -0.1) is 10.2 Å². The van der Waals surface area contributed by atoms with Crippen molar-refractivity contribution in [2.45, 2.75) is 10.1 Å². The molecule has 0 fully saturated rings. The van der Waals surface area contributed by atoms with Gasteiger partial charge in [-0.25, -0.2) is 0 Å². The highest BCUT2D eigenvalue weighted by molar-refractivity contribution is 7.99. The molecular weight excluding hydrogens is 240 g/mol. The normalized spacial score (nSPS) is 11.7. The Labute approximate surface area is 101 Å². The number of pyridine rings is 1. The molecule has 2 aromatic heterocycles. The molecule has 0 saturated carbocycles. The van der Waals surface area contributed by atoms with Crippen molar-refractivity contribution in [3.05, 3.63) is 30.4 Å². The first kappa shape index (κ1) is 11.4. The van der Waals surface area contributed by atoms with Gasteiger partial charge in [0.2, 0.25) is 0 Å². The van der Waals surface area contributed by atoms with Gasteiger partial charge in [-0.05, 0) is 23.9 Å². The molecule has 0 saturated heterocycles. The number of rotatable bonds is 3. The smallest absolute Gasteiger partial charge is 0.195 e. The molecule has 88 valence electrons. The first-order valence-electron chi connectivity index (χ1n) is 4.66. The minimum Gasteiger partial charge on any atom is -0.409 e. The van der Waals surface area contributed by atoms with Crippen LogP contribution in [0.3, 0.4) is 0 Å². The van der Waals surface area contributed by atoms with Crippen LogP contribution in [0.4, 0.5) is 0 Å². The molecule has 0 radical (unpaired) electrons. The Morgan fingerprint density at radius 2 is 2.41 bits per heavy atom. The number of oxime groups is 1. The monoisotopic (exact) mass is 250 g/mol. The van der Waals surface area contributed by atoms with Crippen molar-refractivity contribution in [1.82, 2.24) is 19.7 Å². The molecule has 0 bridgehead atoms. The minimum atomic E-state index is -0.0228. The van der Waals surface area contributed by atoms with E-state index in [-0.39, 0.29) is 5.84 Å². The fraction of sp³-hybridized carbons (Fsp3) is 0.111. The van der Waals surface area contributed by atoms with Crippen LogP contribution in [-0.4, -0.2) is 30.8 Å². The standard InChI is InChI=1S/C9H10N6OS/c1-15-5-12-13-9(15)17-6-2-3-11-7(4-6)8(10)14-16/h2-5,16H,1H3,(H2,10,14). The van der Waals surface area contributed by atoms with E-state index in [1.807, 2.05) is 13.1 Å². The van der Waals surface area contributed by atoms with E-state index >= 15 is 0 Å². The summed E-state index contributed by atoms with van der Waals surface area (Å²) in [6.45, 7) is 0. The van der Waals surface area contributed by atoms with Gasteiger partial charge in [0, 0.05) is 18.1 Å². The van der Waals surface area contributed by atoms with E-state index in [1.165, 1.54) is 11.8 Å². The van der Waals surface area contributed by atoms with Crippen LogP contribution >= 0.6 is 11.8 Å². The third-order valence-electron chi connectivity index (χ3n) is 1.98. The lowest BCUT2D eigenvalue weighted by molar-refractivity contribution is 0.318. The highest BCUT2D eigenvalue weighted by Crippen LogP contribution is 2.24. The molecule has 0 aliphatic rings. The van der Waals surface area contributed by atoms with E-state index in [2.05, 4.69) is 20.3 Å². The van der Waals surface area contributed by atoms with Gasteiger partial charge in [0.1, 0.15) is 12.0 Å². The molecule has 0 unspecified atom stereocenters. The zero-order valence-corrected chi connectivity index (χ0v) is 9.79. The Balaban J connectivity index is 2.26. The van der Waals surface area contributed by atoms with Crippen LogP contribution in [0.5, 0.6) is 0 Å². The van der Waals surface area contributed by atoms with E-state index in [4.69, 9.17) is 10.9 Å². The largest absolute Gasteiger partial charge is 0.409 e. The maximum Gasteiger partial charge on any atom is 0.195 e. The Kier molecular flexibility index (Phi) is 3.24. The zero-order valence-electron chi connectivity index (χ0n) is 8.98. The lowest BCUT2D eigenvalue weighted by Crippen LogP contribution is -2.14. The maximum absolute atomic E-state index is 8.57. The molecule has 0 aliphatic carbocycles. The molecule has 2 heterocycles. The van der Waals surface area contributed by atoms with Gasteiger partial charge in [-0.1, -0.05) is 5.16 Å². The number of hydrogen-bond acceptors (Lipinski definition) is 6. The van der Waals surface area contributed by atoms with Gasteiger partial charge in [-0.2, -0.15) is 0 Å². The topological polar surface area (TPSA) is 102 Å². The summed E-state index contributed by atoms with van der Waals surface area (Å²) in [5.41, 5.74) is 5.88. The molecule has 2 rings (SSSR count). The Bertz CT molecular complexity index is 552. The van der Waals surface area contributed by atoms with Gasteiger partial charge in [0.15, 0.2) is 11.0 Å². The van der Waals surface area contributed by atoms with Crippen molar-refractivity contribution < 1.29 is 5.21 Å². The quantitative estimate of drug-likeness (QED) is 0.355. The van der Waals surface area contributed by atoms with E-state index in [0.29, 0.717) is 5.69 Å². The second kappa shape index (κ2) is 4.83. The van der Waals surface area contributed by atoms with Crippen LogP contribution < -0.4 is 5.73 Å². The van der Waals surface area contributed by atoms with Crippen molar-refractivity contribution >= 4 is 17.6 Å². The van der Waals surface area contributed by atoms with E-state index in [0.717, 1.165) is 10.1 Å². The van der Waals surface area contributed by atoms with Gasteiger partial charge < -0.3 is 15.5 Å². The molecule has 3 N–H and O–H groups in total. The SMILES string of the molecule is Cn1cnnc1Sc1ccnc(C(N)=NO)c1. The van der Waals surface area contributed by atoms with Crippen LogP contribution in [0.1, 0.15) is 5.69 Å². The van der Waals surface area contributed by atoms with Gasteiger partial charge in [0.05, 0.1) is 0 Å². The molecule has 0 aliphatic heterocycles. The average molecular weight is 250 g/mol. The highest BCUT2D eigenvalue weighted by Gasteiger charge is 2.06. The molecular formula is C9H10N6OS. The van der Waals surface area contributed by atoms with Gasteiger partial charge in [0.25, 0.3) is 0 Å². The molecule has 8 heteroatoms. The van der Waals surface area contributed by atoms with Crippen molar-refractivity contribution in [2.24, 2.45) is 17.9 Å². The first-order chi connectivity index (χ1) is 8.20. The van der Waals surface area contributed by atoms with Crippen LogP contribution in [0.15, 0.2) is 39.9 Å². The van der Waals surface area contributed by atoms with E-state index in [1.54, 1.807) is 23.2 Å². The number of aryl methyl sites for hydroxylation is 1. The molecule has 0 aromatic carbocycles. The molecule has 0 spiro atoms. The highest BCUT2D eigenvalue weighted by atomic mass is 32.2.